The lowest BCUT2D eigenvalue weighted by Gasteiger charge is -2.26. The standard InChI is InChI=1S/C21H25N5O10/c1-9-23-19(24-36-9)16-20(26(10(2)27)11(3)28)25(8-22-16)21-18(34-14(6)31)17(33-13(5)30)15(35-21)7-32-12(4)29/h8,15,17-18,21H,7H2,1-6H3/t15-,17-,18-,21-/m1/s1. The van der Waals surface area contributed by atoms with E-state index < -0.39 is 54.3 Å². The van der Waals surface area contributed by atoms with Crippen LogP contribution in [0.3, 0.4) is 0 Å². The minimum absolute atomic E-state index is 0.00472. The van der Waals surface area contributed by atoms with Crippen molar-refractivity contribution in [1.82, 2.24) is 19.7 Å². The zero-order chi connectivity index (χ0) is 26.7. The highest BCUT2D eigenvalue weighted by Crippen LogP contribution is 2.39. The molecule has 0 aliphatic carbocycles. The molecule has 0 saturated carbocycles. The van der Waals surface area contributed by atoms with Crippen molar-refractivity contribution < 1.29 is 47.4 Å². The fourth-order valence-corrected chi connectivity index (χ4v) is 3.75. The number of amides is 2. The molecule has 0 aromatic carbocycles. The van der Waals surface area contributed by atoms with Crippen LogP contribution in [0.25, 0.3) is 11.5 Å². The molecule has 1 fully saturated rings. The summed E-state index contributed by atoms with van der Waals surface area (Å²) in [4.78, 5) is 69.4. The summed E-state index contributed by atoms with van der Waals surface area (Å²) in [7, 11) is 0. The summed E-state index contributed by atoms with van der Waals surface area (Å²) in [6, 6.07) is 0. The van der Waals surface area contributed by atoms with Crippen LogP contribution in [0.1, 0.15) is 46.7 Å². The number of hydrogen-bond acceptors (Lipinski definition) is 13. The van der Waals surface area contributed by atoms with Crippen LogP contribution in [0.2, 0.25) is 0 Å². The zero-order valence-corrected chi connectivity index (χ0v) is 20.4. The fraction of sp³-hybridized carbons (Fsp3) is 0.524. The molecule has 0 N–H and O–H groups in total. The van der Waals surface area contributed by atoms with Gasteiger partial charge in [0.05, 0.1) is 6.33 Å². The summed E-state index contributed by atoms with van der Waals surface area (Å²) in [6.45, 7) is 6.99. The van der Waals surface area contributed by atoms with Gasteiger partial charge in [-0.1, -0.05) is 5.16 Å². The maximum Gasteiger partial charge on any atom is 0.303 e. The Morgan fingerprint density at radius 2 is 1.58 bits per heavy atom. The fourth-order valence-electron chi connectivity index (χ4n) is 3.75. The predicted molar refractivity (Wildman–Crippen MR) is 116 cm³/mol. The molecule has 2 aromatic rings. The van der Waals surface area contributed by atoms with Crippen LogP contribution in [0.5, 0.6) is 0 Å². The predicted octanol–water partition coefficient (Wildman–Crippen LogP) is 0.465. The Labute approximate surface area is 204 Å². The monoisotopic (exact) mass is 507 g/mol. The highest BCUT2D eigenvalue weighted by Gasteiger charge is 2.52. The van der Waals surface area contributed by atoms with Crippen molar-refractivity contribution in [2.24, 2.45) is 0 Å². The van der Waals surface area contributed by atoms with Crippen LogP contribution in [0, 0.1) is 6.92 Å². The van der Waals surface area contributed by atoms with Crippen LogP contribution in [0.4, 0.5) is 5.82 Å². The number of ether oxygens (including phenoxy) is 4. The summed E-state index contributed by atoms with van der Waals surface area (Å²) < 4.78 is 28.1. The number of aryl methyl sites for hydroxylation is 1. The van der Waals surface area contributed by atoms with Crippen molar-refractivity contribution in [3.8, 4) is 11.5 Å². The molecule has 0 radical (unpaired) electrons. The molecular formula is C21H25N5O10. The lowest BCUT2D eigenvalue weighted by molar-refractivity contribution is -0.166. The number of anilines is 1. The van der Waals surface area contributed by atoms with Crippen LogP contribution in [0.15, 0.2) is 10.9 Å². The maximum absolute atomic E-state index is 12.5. The Bertz CT molecular complexity index is 1170. The third-order valence-corrected chi connectivity index (χ3v) is 4.96. The quantitative estimate of drug-likeness (QED) is 0.372. The Kier molecular flexibility index (Phi) is 7.82. The molecular weight excluding hydrogens is 482 g/mol. The number of rotatable bonds is 7. The Hall–Kier alpha value is -4.14. The Morgan fingerprint density at radius 3 is 2.08 bits per heavy atom. The highest BCUT2D eigenvalue weighted by atomic mass is 16.7. The second-order valence-corrected chi connectivity index (χ2v) is 7.85. The van der Waals surface area contributed by atoms with Gasteiger partial charge in [0.2, 0.25) is 23.5 Å². The number of nitrogens with zero attached hydrogens (tertiary/aromatic N) is 5. The van der Waals surface area contributed by atoms with E-state index in [-0.39, 0.29) is 29.8 Å². The van der Waals surface area contributed by atoms with E-state index >= 15 is 0 Å². The molecule has 0 unspecified atom stereocenters. The van der Waals surface area contributed by atoms with Gasteiger partial charge in [-0.15, -0.1) is 0 Å². The first-order chi connectivity index (χ1) is 16.9. The van der Waals surface area contributed by atoms with E-state index in [0.717, 1.165) is 32.6 Å². The molecule has 194 valence electrons. The number of hydrogen-bond donors (Lipinski definition) is 0. The molecule has 3 heterocycles. The average molecular weight is 507 g/mol. The van der Waals surface area contributed by atoms with Gasteiger partial charge in [0.1, 0.15) is 12.7 Å². The van der Waals surface area contributed by atoms with E-state index in [2.05, 4.69) is 15.1 Å². The minimum atomic E-state index is -1.28. The summed E-state index contributed by atoms with van der Waals surface area (Å²) in [5.74, 6) is -3.32. The molecule has 0 bridgehead atoms. The van der Waals surface area contributed by atoms with Gasteiger partial charge in [-0.05, 0) is 0 Å². The molecule has 0 spiro atoms. The van der Waals surface area contributed by atoms with Gasteiger partial charge < -0.3 is 23.5 Å². The van der Waals surface area contributed by atoms with Crippen molar-refractivity contribution in [3.05, 3.63) is 12.2 Å². The third-order valence-electron chi connectivity index (χ3n) is 4.96. The summed E-state index contributed by atoms with van der Waals surface area (Å²) in [5, 5.41) is 3.81. The van der Waals surface area contributed by atoms with E-state index in [4.69, 9.17) is 23.5 Å². The maximum atomic E-state index is 12.5. The van der Waals surface area contributed by atoms with Crippen molar-refractivity contribution in [2.45, 2.75) is 66.1 Å². The number of imidazole rings is 1. The van der Waals surface area contributed by atoms with E-state index in [1.807, 2.05) is 0 Å². The van der Waals surface area contributed by atoms with Crippen LogP contribution in [-0.4, -0.2) is 74.3 Å². The summed E-state index contributed by atoms with van der Waals surface area (Å²) in [5.41, 5.74) is -0.00472. The second kappa shape index (κ2) is 10.6. The zero-order valence-electron chi connectivity index (χ0n) is 20.4. The van der Waals surface area contributed by atoms with Crippen molar-refractivity contribution in [3.63, 3.8) is 0 Å². The first kappa shape index (κ1) is 26.5. The van der Waals surface area contributed by atoms with Crippen molar-refractivity contribution in [1.29, 1.82) is 0 Å². The number of carbonyl (C=O) groups is 5. The van der Waals surface area contributed by atoms with Gasteiger partial charge in [-0.2, -0.15) is 4.98 Å². The second-order valence-electron chi connectivity index (χ2n) is 7.85. The minimum Gasteiger partial charge on any atom is -0.463 e. The van der Waals surface area contributed by atoms with Gasteiger partial charge in [0.25, 0.3) is 0 Å². The van der Waals surface area contributed by atoms with E-state index in [0.29, 0.717) is 0 Å². The van der Waals surface area contributed by atoms with Gasteiger partial charge in [0, 0.05) is 41.5 Å². The molecule has 3 rings (SSSR count). The van der Waals surface area contributed by atoms with E-state index in [1.54, 1.807) is 6.92 Å². The van der Waals surface area contributed by atoms with Gasteiger partial charge >= 0.3 is 17.9 Å². The Balaban J connectivity index is 2.18. The molecule has 15 heteroatoms. The molecule has 15 nitrogen and oxygen atoms in total. The van der Waals surface area contributed by atoms with Gasteiger partial charge in [-0.25, -0.2) is 9.88 Å². The summed E-state index contributed by atoms with van der Waals surface area (Å²) >= 11 is 0. The lowest BCUT2D eigenvalue weighted by Crippen LogP contribution is -2.41. The van der Waals surface area contributed by atoms with Crippen LogP contribution in [-0.2, 0) is 42.9 Å². The van der Waals surface area contributed by atoms with Crippen molar-refractivity contribution in [2.75, 3.05) is 11.5 Å². The first-order valence-electron chi connectivity index (χ1n) is 10.7. The number of carbonyl (C=O) groups excluding carboxylic acids is 5. The van der Waals surface area contributed by atoms with E-state index in [1.165, 1.54) is 17.8 Å². The molecule has 2 aromatic heterocycles. The summed E-state index contributed by atoms with van der Waals surface area (Å²) in [6.07, 6.45) is -3.61. The number of esters is 3. The highest BCUT2D eigenvalue weighted by molar-refractivity contribution is 6.14. The molecule has 1 aliphatic heterocycles. The van der Waals surface area contributed by atoms with Crippen LogP contribution >= 0.6 is 0 Å². The number of aromatic nitrogens is 4. The SMILES string of the molecule is CC(=O)OC[C@H]1O[C@@H](n2cnc(-c3noc(C)n3)c2N(C(C)=O)C(C)=O)[C@H](OC(C)=O)[C@@H]1OC(C)=O. The molecule has 1 aliphatic rings. The first-order valence-corrected chi connectivity index (χ1v) is 10.7. The number of imide groups is 1. The smallest absolute Gasteiger partial charge is 0.303 e. The molecule has 2 amide bonds. The largest absolute Gasteiger partial charge is 0.463 e. The topological polar surface area (TPSA) is 182 Å². The van der Waals surface area contributed by atoms with Gasteiger partial charge in [0.15, 0.2) is 29.9 Å². The average Bonchev–Trinajstić information content (AvgIpc) is 3.44. The van der Waals surface area contributed by atoms with Gasteiger partial charge in [-0.3, -0.25) is 28.5 Å². The van der Waals surface area contributed by atoms with E-state index in [9.17, 15) is 24.0 Å². The van der Waals surface area contributed by atoms with Crippen LogP contribution < -0.4 is 4.90 Å². The Morgan fingerprint density at radius 1 is 0.972 bits per heavy atom. The molecule has 4 atom stereocenters. The third kappa shape index (κ3) is 5.56. The lowest BCUT2D eigenvalue weighted by atomic mass is 10.1. The normalized spacial score (nSPS) is 21.1. The molecule has 36 heavy (non-hydrogen) atoms. The molecule has 1 saturated heterocycles. The van der Waals surface area contributed by atoms with Crippen molar-refractivity contribution >= 4 is 35.5 Å².